The molecule has 0 saturated heterocycles. The van der Waals surface area contributed by atoms with E-state index in [1.165, 1.54) is 0 Å². The number of carbonyl (C=O) groups excluding carboxylic acids is 1. The minimum atomic E-state index is -4.32. The van der Waals surface area contributed by atoms with Crippen molar-refractivity contribution in [2.24, 2.45) is 0 Å². The molecule has 0 bridgehead atoms. The first kappa shape index (κ1) is 8.82. The van der Waals surface area contributed by atoms with Crippen molar-refractivity contribution in [3.63, 3.8) is 0 Å². The number of hydrogen-bond acceptors (Lipinski definition) is 2. The lowest BCUT2D eigenvalue weighted by Crippen LogP contribution is -2.04. The van der Waals surface area contributed by atoms with Gasteiger partial charge in [0.1, 0.15) is 12.5 Å². The maximum absolute atomic E-state index is 11.2. The molecule has 0 fully saturated rings. The van der Waals surface area contributed by atoms with E-state index >= 15 is 0 Å². The van der Waals surface area contributed by atoms with Crippen LogP contribution >= 0.6 is 0 Å². The first-order valence-electron chi connectivity index (χ1n) is 2.20. The Kier molecular flexibility index (Phi) is 3.33. The van der Waals surface area contributed by atoms with E-state index in [9.17, 15) is 18.0 Å². The molecule has 5 heteroatoms. The van der Waals surface area contributed by atoms with Crippen LogP contribution in [0.3, 0.4) is 0 Å². The van der Waals surface area contributed by atoms with Gasteiger partial charge in [-0.05, 0) is 5.92 Å². The van der Waals surface area contributed by atoms with Gasteiger partial charge in [-0.2, -0.15) is 13.2 Å². The fraction of sp³-hybridized carbons (Fsp3) is 0.400. The molecule has 0 rings (SSSR count). The highest BCUT2D eigenvalue weighted by Crippen LogP contribution is 2.17. The zero-order valence-electron chi connectivity index (χ0n) is 4.73. The molecule has 0 unspecified atom stereocenters. The number of carbonyl (C=O) groups is 1. The maximum atomic E-state index is 11.2. The van der Waals surface area contributed by atoms with Crippen LogP contribution in [0.25, 0.3) is 0 Å². The maximum Gasteiger partial charge on any atom is 0.399 e. The van der Waals surface area contributed by atoms with Gasteiger partial charge in [0.05, 0.1) is 0 Å². The molecule has 0 aromatic rings. The van der Waals surface area contributed by atoms with Gasteiger partial charge in [-0.3, -0.25) is 4.79 Å². The Bertz CT molecular complexity index is 162. The minimum absolute atomic E-state index is 0.0383. The van der Waals surface area contributed by atoms with Crippen LogP contribution < -0.4 is 0 Å². The number of hydrogen-bond donors (Lipinski definition) is 0. The second-order valence-corrected chi connectivity index (χ2v) is 1.28. The molecule has 0 N–H and O–H groups in total. The molecule has 56 valence electrons. The fourth-order valence-corrected chi connectivity index (χ4v) is 0.202. The summed E-state index contributed by atoms with van der Waals surface area (Å²) < 4.78 is 37.4. The van der Waals surface area contributed by atoms with Gasteiger partial charge in [-0.1, -0.05) is 0 Å². The van der Waals surface area contributed by atoms with Crippen LogP contribution in [-0.2, 0) is 9.53 Å². The van der Waals surface area contributed by atoms with E-state index in [0.717, 1.165) is 0 Å². The lowest BCUT2D eigenvalue weighted by molar-refractivity contribution is -0.125. The zero-order chi connectivity index (χ0) is 8.04. The van der Waals surface area contributed by atoms with Crippen molar-refractivity contribution in [1.82, 2.24) is 0 Å². The molecular weight excluding hydrogens is 149 g/mol. The standard InChI is InChI=1S/C5H3F3O2/c6-5(7,8)2-1-3-10-4-9/h4H,2H2. The molecule has 0 aromatic carbocycles. The van der Waals surface area contributed by atoms with Gasteiger partial charge in [-0.25, -0.2) is 0 Å². The van der Waals surface area contributed by atoms with Gasteiger partial charge in [0.15, 0.2) is 0 Å². The lowest BCUT2D eigenvalue weighted by Gasteiger charge is -1.96. The summed E-state index contributed by atoms with van der Waals surface area (Å²) in [5, 5.41) is 0. The molecule has 0 aliphatic heterocycles. The molecule has 0 radical (unpaired) electrons. The van der Waals surface area contributed by atoms with Gasteiger partial charge >= 0.3 is 12.6 Å². The first-order valence-corrected chi connectivity index (χ1v) is 2.20. The normalized spacial score (nSPS) is 9.50. The van der Waals surface area contributed by atoms with Gasteiger partial charge in [-0.15, -0.1) is 0 Å². The molecule has 0 aliphatic rings. The molecule has 0 atom stereocenters. The van der Waals surface area contributed by atoms with Gasteiger partial charge in [0, 0.05) is 0 Å². The summed E-state index contributed by atoms with van der Waals surface area (Å²) in [6, 6.07) is 0. The first-order chi connectivity index (χ1) is 4.56. The monoisotopic (exact) mass is 152 g/mol. The van der Waals surface area contributed by atoms with Crippen molar-refractivity contribution in [3.05, 3.63) is 0 Å². The van der Waals surface area contributed by atoms with Crippen LogP contribution in [0, 0.1) is 12.0 Å². The predicted molar refractivity (Wildman–Crippen MR) is 25.6 cm³/mol. The van der Waals surface area contributed by atoms with E-state index < -0.39 is 12.6 Å². The molecule has 2 nitrogen and oxygen atoms in total. The third-order valence-electron chi connectivity index (χ3n) is 0.468. The van der Waals surface area contributed by atoms with E-state index in [4.69, 9.17) is 0 Å². The van der Waals surface area contributed by atoms with Crippen LogP contribution in [-0.4, -0.2) is 12.6 Å². The number of rotatable bonds is 1. The van der Waals surface area contributed by atoms with E-state index in [1.807, 2.05) is 0 Å². The Labute approximate surface area is 55.0 Å². The van der Waals surface area contributed by atoms with Crippen LogP contribution in [0.2, 0.25) is 0 Å². The van der Waals surface area contributed by atoms with Crippen molar-refractivity contribution in [2.75, 3.05) is 0 Å². The highest BCUT2D eigenvalue weighted by atomic mass is 19.4. The minimum Gasteiger partial charge on any atom is -0.375 e. The Hall–Kier alpha value is -1.18. The average molecular weight is 152 g/mol. The third-order valence-corrected chi connectivity index (χ3v) is 0.468. The Morgan fingerprint density at radius 3 is 2.50 bits per heavy atom. The molecule has 0 spiro atoms. The molecule has 0 amide bonds. The average Bonchev–Trinajstić information content (AvgIpc) is 1.78. The quantitative estimate of drug-likeness (QED) is 0.415. The topological polar surface area (TPSA) is 26.3 Å². The Morgan fingerprint density at radius 1 is 1.50 bits per heavy atom. The molecule has 0 saturated carbocycles. The molecule has 10 heavy (non-hydrogen) atoms. The van der Waals surface area contributed by atoms with Crippen molar-refractivity contribution in [3.8, 4) is 12.0 Å². The lowest BCUT2D eigenvalue weighted by atomic mass is 10.4. The number of alkyl halides is 3. The van der Waals surface area contributed by atoms with E-state index in [0.29, 0.717) is 0 Å². The van der Waals surface area contributed by atoms with Crippen molar-refractivity contribution >= 4 is 6.47 Å². The highest BCUT2D eigenvalue weighted by molar-refractivity contribution is 5.39. The van der Waals surface area contributed by atoms with Crippen LogP contribution in [0.1, 0.15) is 6.42 Å². The van der Waals surface area contributed by atoms with E-state index in [1.54, 1.807) is 12.0 Å². The van der Waals surface area contributed by atoms with E-state index in [-0.39, 0.29) is 6.47 Å². The van der Waals surface area contributed by atoms with Crippen LogP contribution in [0.4, 0.5) is 13.2 Å². The highest BCUT2D eigenvalue weighted by Gasteiger charge is 2.25. The molecule has 0 heterocycles. The Balaban J connectivity index is 3.55. The second kappa shape index (κ2) is 3.77. The SMILES string of the molecule is O=COC#CCC(F)(F)F. The predicted octanol–water partition coefficient (Wildman–Crippen LogP) is 1.07. The largest absolute Gasteiger partial charge is 0.399 e. The van der Waals surface area contributed by atoms with Gasteiger partial charge < -0.3 is 4.74 Å². The van der Waals surface area contributed by atoms with Gasteiger partial charge in [0.25, 0.3) is 0 Å². The summed E-state index contributed by atoms with van der Waals surface area (Å²) in [4.78, 5) is 9.32. The van der Waals surface area contributed by atoms with Gasteiger partial charge in [0.2, 0.25) is 0 Å². The summed E-state index contributed by atoms with van der Waals surface area (Å²) in [6.07, 6.45) is -4.03. The Morgan fingerprint density at radius 2 is 2.10 bits per heavy atom. The van der Waals surface area contributed by atoms with Crippen LogP contribution in [0.15, 0.2) is 0 Å². The zero-order valence-corrected chi connectivity index (χ0v) is 4.73. The summed E-state index contributed by atoms with van der Waals surface area (Å²) >= 11 is 0. The molecular formula is C5H3F3O2. The smallest absolute Gasteiger partial charge is 0.375 e. The molecule has 0 aromatic heterocycles. The fourth-order valence-electron chi connectivity index (χ4n) is 0.202. The van der Waals surface area contributed by atoms with Crippen LogP contribution in [0.5, 0.6) is 0 Å². The molecule has 0 aliphatic carbocycles. The summed E-state index contributed by atoms with van der Waals surface area (Å²) in [5.74, 6) is 1.60. The number of halogens is 3. The summed E-state index contributed by atoms with van der Waals surface area (Å²) in [5.41, 5.74) is 0. The van der Waals surface area contributed by atoms with Crippen molar-refractivity contribution in [2.45, 2.75) is 12.6 Å². The number of ether oxygens (including phenoxy) is 1. The summed E-state index contributed by atoms with van der Waals surface area (Å²) in [7, 11) is 0. The van der Waals surface area contributed by atoms with Crippen molar-refractivity contribution < 1.29 is 22.7 Å². The summed E-state index contributed by atoms with van der Waals surface area (Å²) in [6.45, 7) is -0.0383. The third kappa shape index (κ3) is 6.82. The second-order valence-electron chi connectivity index (χ2n) is 1.28. The van der Waals surface area contributed by atoms with Crippen molar-refractivity contribution in [1.29, 1.82) is 0 Å². The van der Waals surface area contributed by atoms with E-state index in [2.05, 4.69) is 4.74 Å².